The molecule has 1 amide bonds. The van der Waals surface area contributed by atoms with Crippen LogP contribution in [0.1, 0.15) is 35.2 Å². The molecule has 2 aromatic carbocycles. The number of fused-ring (bicyclic) bond motifs is 1. The molecular weight excluding hydrogens is 406 g/mol. The first-order chi connectivity index (χ1) is 13.9. The number of hydrogen-bond acceptors (Lipinski definition) is 6. The van der Waals surface area contributed by atoms with Crippen LogP contribution in [0, 0.1) is 0 Å². The summed E-state index contributed by atoms with van der Waals surface area (Å²) in [6.07, 6.45) is 5.00. The largest absolute Gasteiger partial charge is 0.299 e. The molecule has 0 radical (unpaired) electrons. The lowest BCUT2D eigenvalue weighted by Crippen LogP contribution is -2.29. The lowest BCUT2D eigenvalue weighted by Gasteiger charge is -2.26. The van der Waals surface area contributed by atoms with Crippen molar-refractivity contribution >= 4 is 42.4 Å². The Morgan fingerprint density at radius 3 is 2.52 bits per heavy atom. The second-order valence-corrected chi connectivity index (χ2v) is 10.5. The van der Waals surface area contributed by atoms with Crippen LogP contribution in [0.3, 0.4) is 0 Å². The van der Waals surface area contributed by atoms with E-state index in [9.17, 15) is 13.2 Å². The molecule has 6 nitrogen and oxygen atoms in total. The Morgan fingerprint density at radius 2 is 1.83 bits per heavy atom. The topological polar surface area (TPSA) is 79.4 Å². The number of nitrogens with one attached hydrogen (secondary N) is 1. The number of sulfone groups is 1. The van der Waals surface area contributed by atoms with Crippen LogP contribution in [0.4, 0.5) is 5.13 Å². The molecular formula is C21H23N3O3S2. The molecule has 0 unspecified atom stereocenters. The second-order valence-electron chi connectivity index (χ2n) is 7.41. The van der Waals surface area contributed by atoms with Gasteiger partial charge in [-0.25, -0.2) is 13.4 Å². The van der Waals surface area contributed by atoms with E-state index >= 15 is 0 Å². The zero-order valence-electron chi connectivity index (χ0n) is 16.2. The number of thiazole rings is 1. The van der Waals surface area contributed by atoms with Crippen molar-refractivity contribution in [2.75, 3.05) is 24.7 Å². The van der Waals surface area contributed by atoms with Gasteiger partial charge >= 0.3 is 0 Å². The van der Waals surface area contributed by atoms with Crippen LogP contribution >= 0.6 is 11.3 Å². The number of likely N-dealkylation sites (tertiary alicyclic amines) is 1. The summed E-state index contributed by atoms with van der Waals surface area (Å²) in [5, 5.41) is 3.27. The molecule has 1 saturated heterocycles. The minimum Gasteiger partial charge on any atom is -0.299 e. The van der Waals surface area contributed by atoms with E-state index in [1.54, 1.807) is 12.1 Å². The third-order valence-corrected chi connectivity index (χ3v) is 7.14. The van der Waals surface area contributed by atoms with Crippen molar-refractivity contribution in [1.29, 1.82) is 0 Å². The molecule has 1 N–H and O–H groups in total. The van der Waals surface area contributed by atoms with Gasteiger partial charge < -0.3 is 0 Å². The van der Waals surface area contributed by atoms with Gasteiger partial charge in [0.1, 0.15) is 0 Å². The molecule has 0 bridgehead atoms. The number of carbonyl (C=O) groups excluding carboxylic acids is 1. The quantitative estimate of drug-likeness (QED) is 0.665. The van der Waals surface area contributed by atoms with Gasteiger partial charge in [0, 0.05) is 18.4 Å². The van der Waals surface area contributed by atoms with E-state index in [1.807, 2.05) is 24.3 Å². The Kier molecular flexibility index (Phi) is 5.67. The summed E-state index contributed by atoms with van der Waals surface area (Å²) in [6.45, 7) is 3.20. The van der Waals surface area contributed by atoms with Gasteiger partial charge in [-0.3, -0.25) is 15.0 Å². The number of piperidine rings is 1. The van der Waals surface area contributed by atoms with Gasteiger partial charge in [-0.1, -0.05) is 29.9 Å². The van der Waals surface area contributed by atoms with Gasteiger partial charge in [-0.15, -0.1) is 0 Å². The Balaban J connectivity index is 1.44. The highest BCUT2D eigenvalue weighted by molar-refractivity contribution is 7.90. The highest BCUT2D eigenvalue weighted by Crippen LogP contribution is 2.28. The van der Waals surface area contributed by atoms with Crippen LogP contribution in [0.2, 0.25) is 0 Å². The maximum Gasteiger partial charge on any atom is 0.257 e. The molecule has 0 saturated carbocycles. The van der Waals surface area contributed by atoms with Crippen molar-refractivity contribution in [1.82, 2.24) is 9.88 Å². The molecule has 1 fully saturated rings. The third kappa shape index (κ3) is 4.83. The molecule has 152 valence electrons. The predicted molar refractivity (Wildman–Crippen MR) is 116 cm³/mol. The van der Waals surface area contributed by atoms with Crippen LogP contribution in [-0.4, -0.2) is 43.6 Å². The second kappa shape index (κ2) is 8.22. The number of anilines is 1. The maximum absolute atomic E-state index is 12.6. The number of rotatable bonds is 5. The van der Waals surface area contributed by atoms with E-state index in [1.165, 1.54) is 42.2 Å². The minimum atomic E-state index is -3.29. The highest BCUT2D eigenvalue weighted by Gasteiger charge is 2.14. The number of aromatic nitrogens is 1. The number of amides is 1. The first-order valence-corrected chi connectivity index (χ1v) is 12.3. The molecule has 2 heterocycles. The lowest BCUT2D eigenvalue weighted by atomic mass is 10.1. The number of nitrogens with zero attached hydrogens (tertiary/aromatic N) is 2. The fourth-order valence-electron chi connectivity index (χ4n) is 3.50. The van der Waals surface area contributed by atoms with Crippen molar-refractivity contribution in [3.05, 3.63) is 53.6 Å². The number of benzene rings is 2. The molecule has 3 aromatic rings. The average Bonchev–Trinajstić information content (AvgIpc) is 3.10. The van der Waals surface area contributed by atoms with E-state index in [2.05, 4.69) is 15.2 Å². The number of carbonyl (C=O) groups is 1. The zero-order chi connectivity index (χ0) is 20.4. The van der Waals surface area contributed by atoms with Crippen molar-refractivity contribution in [2.24, 2.45) is 0 Å². The summed E-state index contributed by atoms with van der Waals surface area (Å²) in [7, 11) is -3.29. The summed E-state index contributed by atoms with van der Waals surface area (Å²) < 4.78 is 24.2. The molecule has 1 aliphatic heterocycles. The predicted octanol–water partition coefficient (Wildman–Crippen LogP) is 3.94. The standard InChI is InChI=1S/C21H23N3O3S2/c1-29(26,27)17-9-10-19-18(13-17)22-21(28-19)23-20(25)16-7-5-15(6-8-16)14-24-11-3-2-4-12-24/h5-10,13H,2-4,11-12,14H2,1H3,(H,22,23,25). The van der Waals surface area contributed by atoms with Crippen molar-refractivity contribution < 1.29 is 13.2 Å². The summed E-state index contributed by atoms with van der Waals surface area (Å²) in [5.74, 6) is -0.225. The molecule has 4 rings (SSSR count). The molecule has 29 heavy (non-hydrogen) atoms. The van der Waals surface area contributed by atoms with Crippen LogP contribution in [0.5, 0.6) is 0 Å². The Morgan fingerprint density at radius 1 is 1.10 bits per heavy atom. The minimum absolute atomic E-state index is 0.220. The van der Waals surface area contributed by atoms with E-state index in [0.29, 0.717) is 16.2 Å². The van der Waals surface area contributed by atoms with Crippen LogP contribution < -0.4 is 5.32 Å². The van der Waals surface area contributed by atoms with Gasteiger partial charge in [0.2, 0.25) is 0 Å². The van der Waals surface area contributed by atoms with Crippen molar-refractivity contribution in [2.45, 2.75) is 30.7 Å². The van der Waals surface area contributed by atoms with E-state index < -0.39 is 9.84 Å². The summed E-state index contributed by atoms with van der Waals surface area (Å²) >= 11 is 1.32. The lowest BCUT2D eigenvalue weighted by molar-refractivity contribution is 0.102. The van der Waals surface area contributed by atoms with Gasteiger partial charge in [-0.05, 0) is 61.8 Å². The molecule has 1 aromatic heterocycles. The average molecular weight is 430 g/mol. The Labute approximate surface area is 174 Å². The molecule has 0 aliphatic carbocycles. The first-order valence-electron chi connectivity index (χ1n) is 9.62. The summed E-state index contributed by atoms with van der Waals surface area (Å²) in [5.41, 5.74) is 2.34. The number of hydrogen-bond donors (Lipinski definition) is 1. The van der Waals surface area contributed by atoms with Crippen LogP contribution in [0.15, 0.2) is 47.4 Å². The fraction of sp³-hybridized carbons (Fsp3) is 0.333. The molecule has 0 atom stereocenters. The van der Waals surface area contributed by atoms with Gasteiger partial charge in [0.05, 0.1) is 15.1 Å². The smallest absolute Gasteiger partial charge is 0.257 e. The maximum atomic E-state index is 12.6. The summed E-state index contributed by atoms with van der Waals surface area (Å²) in [6, 6.07) is 12.5. The fourth-order valence-corrected chi connectivity index (χ4v) is 4.98. The van der Waals surface area contributed by atoms with Crippen molar-refractivity contribution in [3.8, 4) is 0 Å². The summed E-state index contributed by atoms with van der Waals surface area (Å²) in [4.78, 5) is 19.6. The Bertz CT molecular complexity index is 1130. The van der Waals surface area contributed by atoms with E-state index in [-0.39, 0.29) is 10.8 Å². The van der Waals surface area contributed by atoms with E-state index in [0.717, 1.165) is 30.6 Å². The molecule has 8 heteroatoms. The molecule has 1 aliphatic rings. The molecule has 0 spiro atoms. The van der Waals surface area contributed by atoms with Gasteiger partial charge in [0.25, 0.3) is 5.91 Å². The zero-order valence-corrected chi connectivity index (χ0v) is 17.9. The third-order valence-electron chi connectivity index (χ3n) is 5.08. The SMILES string of the molecule is CS(=O)(=O)c1ccc2sc(NC(=O)c3ccc(CN4CCCCC4)cc3)nc2c1. The normalized spacial score (nSPS) is 15.5. The van der Waals surface area contributed by atoms with Crippen LogP contribution in [0.25, 0.3) is 10.2 Å². The van der Waals surface area contributed by atoms with Gasteiger partial charge in [-0.2, -0.15) is 0 Å². The van der Waals surface area contributed by atoms with Gasteiger partial charge in [0.15, 0.2) is 15.0 Å². The monoisotopic (exact) mass is 429 g/mol. The van der Waals surface area contributed by atoms with E-state index in [4.69, 9.17) is 0 Å². The van der Waals surface area contributed by atoms with Crippen LogP contribution in [-0.2, 0) is 16.4 Å². The Hall–Kier alpha value is -2.29. The highest BCUT2D eigenvalue weighted by atomic mass is 32.2. The van der Waals surface area contributed by atoms with Crippen molar-refractivity contribution in [3.63, 3.8) is 0 Å². The first kappa shape index (κ1) is 20.0.